The van der Waals surface area contributed by atoms with Crippen molar-refractivity contribution in [3.05, 3.63) is 23.3 Å². The van der Waals surface area contributed by atoms with Gasteiger partial charge < -0.3 is 9.47 Å². The minimum atomic E-state index is 0.0147. The van der Waals surface area contributed by atoms with Crippen LogP contribution < -0.4 is 9.47 Å². The number of carbonyl (C=O) groups excluding carboxylic acids is 1. The smallest absolute Gasteiger partial charge is 0.163 e. The number of unbranched alkanes of at least 4 members (excludes halogenated alkanes) is 1. The van der Waals surface area contributed by atoms with Crippen LogP contribution in [0.25, 0.3) is 0 Å². The molecule has 0 spiro atoms. The number of benzene rings is 1. The molecule has 0 fully saturated rings. The lowest BCUT2D eigenvalue weighted by Gasteiger charge is -2.17. The lowest BCUT2D eigenvalue weighted by Crippen LogP contribution is -2.06. The van der Waals surface area contributed by atoms with Gasteiger partial charge in [-0.05, 0) is 44.1 Å². The average Bonchev–Trinajstić information content (AvgIpc) is 2.44. The highest BCUT2D eigenvalue weighted by molar-refractivity contribution is 7.80. The van der Waals surface area contributed by atoms with Crippen LogP contribution >= 0.6 is 12.6 Å². The monoisotopic (exact) mass is 296 g/mol. The van der Waals surface area contributed by atoms with E-state index in [0.717, 1.165) is 42.7 Å². The van der Waals surface area contributed by atoms with Crippen molar-refractivity contribution >= 4 is 18.4 Å². The van der Waals surface area contributed by atoms with Gasteiger partial charge in [0.25, 0.3) is 0 Å². The number of ketones is 1. The zero-order chi connectivity index (χ0) is 15.0. The molecule has 1 rings (SSSR count). The van der Waals surface area contributed by atoms with E-state index < -0.39 is 0 Å². The summed E-state index contributed by atoms with van der Waals surface area (Å²) in [5.41, 5.74) is 1.62. The van der Waals surface area contributed by atoms with Gasteiger partial charge >= 0.3 is 0 Å². The first kappa shape index (κ1) is 16.9. The summed E-state index contributed by atoms with van der Waals surface area (Å²) < 4.78 is 11.3. The van der Waals surface area contributed by atoms with E-state index in [0.29, 0.717) is 17.9 Å². The fraction of sp³-hybridized carbons (Fsp3) is 0.562. The molecule has 0 saturated carbocycles. The lowest BCUT2D eigenvalue weighted by atomic mass is 10.0. The number of methoxy groups -OCH3 is 1. The van der Waals surface area contributed by atoms with Gasteiger partial charge in [0.1, 0.15) is 11.5 Å². The standard InChI is InChI=1S/C16H24O3S/c1-4-7-14-15(19-10-5-6-11-20)9-8-13(12(2)17)16(14)18-3/h8-9,20H,4-7,10-11H2,1-3H3. The largest absolute Gasteiger partial charge is 0.496 e. The molecule has 0 radical (unpaired) electrons. The molecule has 0 unspecified atom stereocenters. The van der Waals surface area contributed by atoms with Gasteiger partial charge in [0.05, 0.1) is 19.3 Å². The molecular weight excluding hydrogens is 272 g/mol. The molecule has 0 aliphatic rings. The quantitative estimate of drug-likeness (QED) is 0.426. The van der Waals surface area contributed by atoms with Crippen molar-refractivity contribution in [2.45, 2.75) is 39.5 Å². The minimum Gasteiger partial charge on any atom is -0.496 e. The number of thiol groups is 1. The molecule has 0 aliphatic heterocycles. The van der Waals surface area contributed by atoms with Crippen LogP contribution in [0.4, 0.5) is 0 Å². The van der Waals surface area contributed by atoms with Gasteiger partial charge in [-0.3, -0.25) is 4.79 Å². The van der Waals surface area contributed by atoms with E-state index in [2.05, 4.69) is 19.6 Å². The van der Waals surface area contributed by atoms with E-state index in [-0.39, 0.29) is 5.78 Å². The van der Waals surface area contributed by atoms with E-state index in [1.807, 2.05) is 6.07 Å². The molecule has 0 saturated heterocycles. The van der Waals surface area contributed by atoms with Crippen molar-refractivity contribution in [2.75, 3.05) is 19.5 Å². The number of hydrogen-bond donors (Lipinski definition) is 1. The van der Waals surface area contributed by atoms with E-state index in [4.69, 9.17) is 9.47 Å². The van der Waals surface area contributed by atoms with Gasteiger partial charge in [0.15, 0.2) is 5.78 Å². The third kappa shape index (κ3) is 4.44. The van der Waals surface area contributed by atoms with Gasteiger partial charge in [-0.2, -0.15) is 12.6 Å². The second-order valence-electron chi connectivity index (χ2n) is 4.71. The molecular formula is C16H24O3S. The molecule has 0 atom stereocenters. The molecule has 1 aromatic carbocycles. The topological polar surface area (TPSA) is 35.5 Å². The van der Waals surface area contributed by atoms with Crippen LogP contribution in [0.1, 0.15) is 49.0 Å². The number of hydrogen-bond acceptors (Lipinski definition) is 4. The first-order valence-corrected chi connectivity index (χ1v) is 7.73. The first-order chi connectivity index (χ1) is 9.65. The van der Waals surface area contributed by atoms with Gasteiger partial charge in [0.2, 0.25) is 0 Å². The highest BCUT2D eigenvalue weighted by atomic mass is 32.1. The summed E-state index contributed by atoms with van der Waals surface area (Å²) in [6, 6.07) is 3.67. The SMILES string of the molecule is CCCc1c(OCCCCS)ccc(C(C)=O)c1OC. The van der Waals surface area contributed by atoms with Crippen molar-refractivity contribution in [3.8, 4) is 11.5 Å². The molecule has 0 amide bonds. The van der Waals surface area contributed by atoms with Crippen LogP contribution in [-0.2, 0) is 6.42 Å². The van der Waals surface area contributed by atoms with Crippen molar-refractivity contribution in [2.24, 2.45) is 0 Å². The zero-order valence-corrected chi connectivity index (χ0v) is 13.5. The maximum Gasteiger partial charge on any atom is 0.163 e. The Kier molecular flexibility index (Phi) is 7.52. The third-order valence-electron chi connectivity index (χ3n) is 3.11. The van der Waals surface area contributed by atoms with Crippen LogP contribution in [-0.4, -0.2) is 25.3 Å². The second kappa shape index (κ2) is 8.90. The Morgan fingerprint density at radius 1 is 1.30 bits per heavy atom. The van der Waals surface area contributed by atoms with Gasteiger partial charge in [-0.15, -0.1) is 0 Å². The summed E-state index contributed by atoms with van der Waals surface area (Å²) in [5.74, 6) is 2.37. The summed E-state index contributed by atoms with van der Waals surface area (Å²) in [6.07, 6.45) is 3.83. The number of rotatable bonds is 9. The molecule has 0 N–H and O–H groups in total. The Hall–Kier alpha value is -1.16. The molecule has 20 heavy (non-hydrogen) atoms. The third-order valence-corrected chi connectivity index (χ3v) is 3.43. The number of carbonyl (C=O) groups is 1. The molecule has 0 bridgehead atoms. The zero-order valence-electron chi connectivity index (χ0n) is 12.6. The summed E-state index contributed by atoms with van der Waals surface area (Å²) in [6.45, 7) is 4.32. The van der Waals surface area contributed by atoms with Crippen molar-refractivity contribution in [3.63, 3.8) is 0 Å². The number of Topliss-reactive ketones (excluding diaryl/α,β-unsaturated/α-hetero) is 1. The van der Waals surface area contributed by atoms with E-state index in [1.54, 1.807) is 20.1 Å². The average molecular weight is 296 g/mol. The van der Waals surface area contributed by atoms with Gasteiger partial charge in [0, 0.05) is 5.56 Å². The molecule has 3 nitrogen and oxygen atoms in total. The highest BCUT2D eigenvalue weighted by Gasteiger charge is 2.17. The van der Waals surface area contributed by atoms with Crippen LogP contribution in [0, 0.1) is 0 Å². The van der Waals surface area contributed by atoms with Crippen LogP contribution in [0.3, 0.4) is 0 Å². The normalized spacial score (nSPS) is 10.4. The second-order valence-corrected chi connectivity index (χ2v) is 5.16. The highest BCUT2D eigenvalue weighted by Crippen LogP contribution is 2.34. The Labute approximate surface area is 127 Å². The fourth-order valence-corrected chi connectivity index (χ4v) is 2.36. The first-order valence-electron chi connectivity index (χ1n) is 7.10. The predicted molar refractivity (Wildman–Crippen MR) is 85.6 cm³/mol. The summed E-state index contributed by atoms with van der Waals surface area (Å²) in [4.78, 5) is 11.7. The van der Waals surface area contributed by atoms with Crippen molar-refractivity contribution in [1.82, 2.24) is 0 Å². The molecule has 1 aromatic rings. The van der Waals surface area contributed by atoms with Crippen LogP contribution in [0.2, 0.25) is 0 Å². The maximum absolute atomic E-state index is 11.7. The Bertz CT molecular complexity index is 444. The molecule has 112 valence electrons. The Morgan fingerprint density at radius 2 is 2.05 bits per heavy atom. The van der Waals surface area contributed by atoms with Crippen molar-refractivity contribution in [1.29, 1.82) is 0 Å². The molecule has 4 heteroatoms. The van der Waals surface area contributed by atoms with Crippen LogP contribution in [0.5, 0.6) is 11.5 Å². The lowest BCUT2D eigenvalue weighted by molar-refractivity contribution is 0.101. The summed E-state index contributed by atoms with van der Waals surface area (Å²) in [7, 11) is 1.60. The Morgan fingerprint density at radius 3 is 2.60 bits per heavy atom. The van der Waals surface area contributed by atoms with Crippen LogP contribution in [0.15, 0.2) is 12.1 Å². The number of ether oxygens (including phenoxy) is 2. The predicted octanol–water partition coefficient (Wildman–Crippen LogP) is 3.94. The fourth-order valence-electron chi connectivity index (χ4n) is 2.14. The molecule has 0 aliphatic carbocycles. The molecule has 0 heterocycles. The summed E-state index contributed by atoms with van der Waals surface area (Å²) >= 11 is 4.19. The van der Waals surface area contributed by atoms with E-state index in [1.165, 1.54) is 0 Å². The van der Waals surface area contributed by atoms with Gasteiger partial charge in [-0.25, -0.2) is 0 Å². The summed E-state index contributed by atoms with van der Waals surface area (Å²) in [5, 5.41) is 0. The van der Waals surface area contributed by atoms with E-state index in [9.17, 15) is 4.79 Å². The molecule has 0 aromatic heterocycles. The Balaban J connectivity index is 3.01. The maximum atomic E-state index is 11.7. The minimum absolute atomic E-state index is 0.0147. The van der Waals surface area contributed by atoms with Gasteiger partial charge in [-0.1, -0.05) is 13.3 Å². The van der Waals surface area contributed by atoms with E-state index >= 15 is 0 Å². The van der Waals surface area contributed by atoms with Crippen molar-refractivity contribution < 1.29 is 14.3 Å².